The molecule has 0 aliphatic carbocycles. The maximum absolute atomic E-state index is 11.7. The van der Waals surface area contributed by atoms with Crippen LogP contribution in [0.15, 0.2) is 29.2 Å². The highest BCUT2D eigenvalue weighted by Crippen LogP contribution is 2.27. The Kier molecular flexibility index (Phi) is 6.24. The SMILES string of the molecule is CCOC(=O)C(Sc1cccc(NC(C)=O)c1)C(C)=O. The number of carbonyl (C=O) groups is 3. The first-order chi connectivity index (χ1) is 9.43. The van der Waals surface area contributed by atoms with Crippen LogP contribution in [-0.4, -0.2) is 29.5 Å². The summed E-state index contributed by atoms with van der Waals surface area (Å²) in [6, 6.07) is 6.96. The highest BCUT2D eigenvalue weighted by atomic mass is 32.2. The summed E-state index contributed by atoms with van der Waals surface area (Å²) in [5.41, 5.74) is 0.619. The summed E-state index contributed by atoms with van der Waals surface area (Å²) in [5.74, 6) is -0.992. The predicted molar refractivity (Wildman–Crippen MR) is 77.7 cm³/mol. The van der Waals surface area contributed by atoms with Crippen molar-refractivity contribution in [1.29, 1.82) is 0 Å². The van der Waals surface area contributed by atoms with E-state index in [1.807, 2.05) is 0 Å². The molecule has 0 bridgehead atoms. The van der Waals surface area contributed by atoms with E-state index >= 15 is 0 Å². The molecule has 1 N–H and O–H groups in total. The fourth-order valence-electron chi connectivity index (χ4n) is 1.50. The van der Waals surface area contributed by atoms with E-state index in [-0.39, 0.29) is 18.3 Å². The van der Waals surface area contributed by atoms with Gasteiger partial charge in [0.2, 0.25) is 5.91 Å². The van der Waals surface area contributed by atoms with E-state index in [1.54, 1.807) is 31.2 Å². The Labute approximate surface area is 122 Å². The second-order valence-corrected chi connectivity index (χ2v) is 5.25. The van der Waals surface area contributed by atoms with Crippen molar-refractivity contribution in [2.45, 2.75) is 30.9 Å². The van der Waals surface area contributed by atoms with E-state index < -0.39 is 11.2 Å². The third-order valence-electron chi connectivity index (χ3n) is 2.28. The zero-order chi connectivity index (χ0) is 15.1. The van der Waals surface area contributed by atoms with Gasteiger partial charge in [-0.25, -0.2) is 0 Å². The number of amides is 1. The molecule has 0 saturated heterocycles. The zero-order valence-electron chi connectivity index (χ0n) is 11.6. The normalized spacial score (nSPS) is 11.6. The number of thioether (sulfide) groups is 1. The largest absolute Gasteiger partial charge is 0.465 e. The molecular formula is C14H17NO4S. The van der Waals surface area contributed by atoms with Crippen LogP contribution < -0.4 is 5.32 Å². The topological polar surface area (TPSA) is 72.5 Å². The molecular weight excluding hydrogens is 278 g/mol. The van der Waals surface area contributed by atoms with E-state index in [2.05, 4.69) is 5.32 Å². The number of ether oxygens (including phenoxy) is 1. The van der Waals surface area contributed by atoms with Crippen molar-refractivity contribution in [3.8, 4) is 0 Å². The maximum Gasteiger partial charge on any atom is 0.327 e. The molecule has 0 radical (unpaired) electrons. The zero-order valence-corrected chi connectivity index (χ0v) is 12.5. The number of rotatable bonds is 6. The highest BCUT2D eigenvalue weighted by Gasteiger charge is 2.26. The van der Waals surface area contributed by atoms with Gasteiger partial charge >= 0.3 is 5.97 Å². The number of nitrogens with one attached hydrogen (secondary N) is 1. The minimum absolute atomic E-state index is 0.180. The van der Waals surface area contributed by atoms with Crippen molar-refractivity contribution in [2.24, 2.45) is 0 Å². The second-order valence-electron chi connectivity index (χ2n) is 4.07. The average molecular weight is 295 g/mol. The standard InChI is InChI=1S/C14H17NO4S/c1-4-19-14(18)13(9(2)16)20-12-7-5-6-11(8-12)15-10(3)17/h5-8,13H,4H2,1-3H3,(H,15,17). The van der Waals surface area contributed by atoms with E-state index in [1.165, 1.54) is 13.8 Å². The summed E-state index contributed by atoms with van der Waals surface area (Å²) in [4.78, 5) is 35.0. The summed E-state index contributed by atoms with van der Waals surface area (Å²) in [6.45, 7) is 4.69. The molecule has 1 aromatic rings. The Morgan fingerprint density at radius 3 is 2.55 bits per heavy atom. The predicted octanol–water partition coefficient (Wildman–Crippen LogP) is 2.26. The van der Waals surface area contributed by atoms with Gasteiger partial charge in [0.15, 0.2) is 11.0 Å². The van der Waals surface area contributed by atoms with Gasteiger partial charge in [-0.15, -0.1) is 11.8 Å². The summed E-state index contributed by atoms with van der Waals surface area (Å²) >= 11 is 1.11. The van der Waals surface area contributed by atoms with Crippen LogP contribution in [0.5, 0.6) is 0 Å². The average Bonchev–Trinajstić information content (AvgIpc) is 2.35. The maximum atomic E-state index is 11.7. The molecule has 20 heavy (non-hydrogen) atoms. The minimum atomic E-state index is -0.887. The van der Waals surface area contributed by atoms with Crippen molar-refractivity contribution in [1.82, 2.24) is 0 Å². The van der Waals surface area contributed by atoms with Gasteiger partial charge in [-0.1, -0.05) is 6.07 Å². The lowest BCUT2D eigenvalue weighted by atomic mass is 10.3. The second kappa shape index (κ2) is 7.69. The lowest BCUT2D eigenvalue weighted by molar-refractivity contribution is -0.144. The van der Waals surface area contributed by atoms with Gasteiger partial charge in [-0.3, -0.25) is 14.4 Å². The number of ketones is 1. The molecule has 5 nitrogen and oxygen atoms in total. The Morgan fingerprint density at radius 2 is 2.00 bits per heavy atom. The van der Waals surface area contributed by atoms with Gasteiger partial charge in [0.1, 0.15) is 0 Å². The molecule has 0 aliphatic rings. The molecule has 1 rings (SSSR count). The summed E-state index contributed by atoms with van der Waals surface area (Å²) in [7, 11) is 0. The molecule has 108 valence electrons. The first-order valence-electron chi connectivity index (χ1n) is 6.15. The number of hydrogen-bond acceptors (Lipinski definition) is 5. The molecule has 6 heteroatoms. The Balaban J connectivity index is 2.85. The van der Waals surface area contributed by atoms with Gasteiger partial charge in [-0.05, 0) is 32.0 Å². The molecule has 0 saturated carbocycles. The quantitative estimate of drug-likeness (QED) is 0.495. The first kappa shape index (κ1) is 16.2. The van der Waals surface area contributed by atoms with Crippen LogP contribution in [0.2, 0.25) is 0 Å². The molecule has 1 atom stereocenters. The number of carbonyl (C=O) groups excluding carboxylic acids is 3. The number of benzene rings is 1. The highest BCUT2D eigenvalue weighted by molar-refractivity contribution is 8.01. The fraction of sp³-hybridized carbons (Fsp3) is 0.357. The van der Waals surface area contributed by atoms with Crippen LogP contribution in [0.4, 0.5) is 5.69 Å². The summed E-state index contributed by atoms with van der Waals surface area (Å²) < 4.78 is 4.88. The molecule has 0 fully saturated rings. The Morgan fingerprint density at radius 1 is 1.30 bits per heavy atom. The van der Waals surface area contributed by atoms with Crippen LogP contribution in [0.25, 0.3) is 0 Å². The third-order valence-corrected chi connectivity index (χ3v) is 3.56. The molecule has 0 aromatic heterocycles. The molecule has 1 amide bonds. The van der Waals surface area contributed by atoms with E-state index in [9.17, 15) is 14.4 Å². The number of Topliss-reactive ketones (excluding diaryl/α,β-unsaturated/α-hetero) is 1. The van der Waals surface area contributed by atoms with Crippen LogP contribution in [0, 0.1) is 0 Å². The molecule has 0 aliphatic heterocycles. The van der Waals surface area contributed by atoms with Crippen LogP contribution in [-0.2, 0) is 19.1 Å². The Bertz CT molecular complexity index is 516. The smallest absolute Gasteiger partial charge is 0.327 e. The van der Waals surface area contributed by atoms with E-state index in [0.717, 1.165) is 11.8 Å². The Hall–Kier alpha value is -1.82. The van der Waals surface area contributed by atoms with E-state index in [4.69, 9.17) is 4.74 Å². The summed E-state index contributed by atoms with van der Waals surface area (Å²) in [5, 5.41) is 1.76. The molecule has 1 unspecified atom stereocenters. The minimum Gasteiger partial charge on any atom is -0.465 e. The van der Waals surface area contributed by atoms with Crippen molar-refractivity contribution >= 4 is 35.1 Å². The van der Waals surface area contributed by atoms with Crippen LogP contribution >= 0.6 is 11.8 Å². The van der Waals surface area contributed by atoms with Gasteiger partial charge in [-0.2, -0.15) is 0 Å². The van der Waals surface area contributed by atoms with Gasteiger partial charge in [0.05, 0.1) is 6.61 Å². The van der Waals surface area contributed by atoms with Crippen molar-refractivity contribution in [3.05, 3.63) is 24.3 Å². The van der Waals surface area contributed by atoms with Crippen molar-refractivity contribution < 1.29 is 19.1 Å². The van der Waals surface area contributed by atoms with Gasteiger partial charge in [0, 0.05) is 17.5 Å². The number of esters is 1. The van der Waals surface area contributed by atoms with Gasteiger partial charge in [0.25, 0.3) is 0 Å². The molecule has 0 spiro atoms. The van der Waals surface area contributed by atoms with Gasteiger partial charge < -0.3 is 10.1 Å². The first-order valence-corrected chi connectivity index (χ1v) is 7.03. The van der Waals surface area contributed by atoms with Crippen molar-refractivity contribution in [2.75, 3.05) is 11.9 Å². The molecule has 0 heterocycles. The lowest BCUT2D eigenvalue weighted by Crippen LogP contribution is -2.27. The monoisotopic (exact) mass is 295 g/mol. The van der Waals surface area contributed by atoms with E-state index in [0.29, 0.717) is 10.6 Å². The van der Waals surface area contributed by atoms with Crippen LogP contribution in [0.3, 0.4) is 0 Å². The van der Waals surface area contributed by atoms with Crippen molar-refractivity contribution in [3.63, 3.8) is 0 Å². The van der Waals surface area contributed by atoms with Crippen LogP contribution in [0.1, 0.15) is 20.8 Å². The molecule has 1 aromatic carbocycles. The number of anilines is 1. The fourth-order valence-corrected chi connectivity index (χ4v) is 2.46. The third kappa shape index (κ3) is 5.05. The summed E-state index contributed by atoms with van der Waals surface area (Å²) in [6.07, 6.45) is 0. The number of hydrogen-bond donors (Lipinski definition) is 1. The lowest BCUT2D eigenvalue weighted by Gasteiger charge is -2.13.